The molecule has 1 aromatic carbocycles. The Hall–Kier alpha value is -1.07. The van der Waals surface area contributed by atoms with Crippen LogP contribution in [0.15, 0.2) is 22.7 Å². The van der Waals surface area contributed by atoms with Crippen LogP contribution in [0.2, 0.25) is 0 Å². The second kappa shape index (κ2) is 7.80. The number of hydrogen-bond acceptors (Lipinski definition) is 3. The Bertz CT molecular complexity index is 487. The lowest BCUT2D eigenvalue weighted by atomic mass is 10.1. The normalized spacial score (nSPS) is 16.6. The Labute approximate surface area is 135 Å². The van der Waals surface area contributed by atoms with Crippen molar-refractivity contribution >= 4 is 21.8 Å². The van der Waals surface area contributed by atoms with Gasteiger partial charge in [-0.1, -0.05) is 6.07 Å². The first kappa shape index (κ1) is 16.3. The van der Waals surface area contributed by atoms with Crippen molar-refractivity contribution < 1.29 is 9.53 Å². The molecule has 0 aromatic heterocycles. The number of nitrogens with one attached hydrogen (secondary N) is 1. The van der Waals surface area contributed by atoms with Crippen LogP contribution in [0.3, 0.4) is 0 Å². The molecule has 1 aliphatic heterocycles. The molecule has 5 heteroatoms. The predicted molar refractivity (Wildman–Crippen MR) is 87.4 cm³/mol. The molecule has 0 radical (unpaired) electrons. The monoisotopic (exact) mass is 354 g/mol. The number of ether oxygens (including phenoxy) is 1. The molecule has 2 rings (SSSR count). The van der Waals surface area contributed by atoms with Crippen LogP contribution in [0.4, 0.5) is 0 Å². The third kappa shape index (κ3) is 4.45. The van der Waals surface area contributed by atoms with Crippen LogP contribution in [-0.4, -0.2) is 37.0 Å². The maximum Gasteiger partial charge on any atom is 0.239 e. The number of hydrogen-bond donors (Lipinski definition) is 1. The van der Waals surface area contributed by atoms with Crippen molar-refractivity contribution in [2.45, 2.75) is 38.8 Å². The summed E-state index contributed by atoms with van der Waals surface area (Å²) in [5.41, 5.74) is 1.13. The second-order valence-electron chi connectivity index (χ2n) is 5.46. The van der Waals surface area contributed by atoms with Crippen LogP contribution in [-0.2, 0) is 11.3 Å². The summed E-state index contributed by atoms with van der Waals surface area (Å²) in [4.78, 5) is 14.3. The summed E-state index contributed by atoms with van der Waals surface area (Å²) in [5.74, 6) is 1.03. The highest BCUT2D eigenvalue weighted by Gasteiger charge is 2.21. The largest absolute Gasteiger partial charge is 0.496 e. The average molecular weight is 355 g/mol. The lowest BCUT2D eigenvalue weighted by Gasteiger charge is -2.29. The van der Waals surface area contributed by atoms with Gasteiger partial charge in [0.25, 0.3) is 0 Å². The van der Waals surface area contributed by atoms with Gasteiger partial charge in [0.1, 0.15) is 5.75 Å². The van der Waals surface area contributed by atoms with Gasteiger partial charge >= 0.3 is 0 Å². The molecular formula is C16H23BrN2O2. The maximum absolute atomic E-state index is 12.3. The van der Waals surface area contributed by atoms with Gasteiger partial charge in [-0.15, -0.1) is 0 Å². The number of benzene rings is 1. The zero-order valence-corrected chi connectivity index (χ0v) is 14.3. The molecule has 0 bridgehead atoms. The van der Waals surface area contributed by atoms with Gasteiger partial charge < -0.3 is 15.0 Å². The highest BCUT2D eigenvalue weighted by molar-refractivity contribution is 9.10. The van der Waals surface area contributed by atoms with Gasteiger partial charge in [-0.25, -0.2) is 0 Å². The Morgan fingerprint density at radius 3 is 2.71 bits per heavy atom. The van der Waals surface area contributed by atoms with Crippen LogP contribution in [0.1, 0.15) is 31.7 Å². The number of rotatable bonds is 5. The molecule has 1 unspecified atom stereocenters. The molecule has 0 saturated carbocycles. The number of amides is 1. The van der Waals surface area contributed by atoms with E-state index in [0.717, 1.165) is 41.7 Å². The number of likely N-dealkylation sites (tertiary alicyclic amines) is 1. The van der Waals surface area contributed by atoms with Crippen molar-refractivity contribution in [2.75, 3.05) is 20.2 Å². The third-order valence-electron chi connectivity index (χ3n) is 3.87. The lowest BCUT2D eigenvalue weighted by molar-refractivity contribution is -0.133. The number of piperidine rings is 1. The van der Waals surface area contributed by atoms with E-state index < -0.39 is 0 Å². The number of carbonyl (C=O) groups is 1. The van der Waals surface area contributed by atoms with E-state index in [1.807, 2.05) is 30.0 Å². The third-order valence-corrected chi connectivity index (χ3v) is 4.49. The van der Waals surface area contributed by atoms with E-state index in [1.54, 1.807) is 7.11 Å². The molecule has 1 N–H and O–H groups in total. The Morgan fingerprint density at radius 2 is 2.10 bits per heavy atom. The van der Waals surface area contributed by atoms with Crippen LogP contribution < -0.4 is 10.1 Å². The summed E-state index contributed by atoms with van der Waals surface area (Å²) < 4.78 is 6.14. The number of methoxy groups -OCH3 is 1. The first-order chi connectivity index (χ1) is 10.1. The van der Waals surface area contributed by atoms with Crippen molar-refractivity contribution in [1.29, 1.82) is 0 Å². The van der Waals surface area contributed by atoms with Crippen molar-refractivity contribution in [2.24, 2.45) is 0 Å². The van der Waals surface area contributed by atoms with Gasteiger partial charge in [-0.3, -0.25) is 4.79 Å². The minimum atomic E-state index is -0.149. The quantitative estimate of drug-likeness (QED) is 0.883. The molecule has 1 fully saturated rings. The Kier molecular flexibility index (Phi) is 6.06. The molecular weight excluding hydrogens is 332 g/mol. The first-order valence-electron chi connectivity index (χ1n) is 7.46. The zero-order chi connectivity index (χ0) is 15.2. The molecule has 4 nitrogen and oxygen atoms in total. The van der Waals surface area contributed by atoms with Crippen molar-refractivity contribution in [3.63, 3.8) is 0 Å². The zero-order valence-electron chi connectivity index (χ0n) is 12.7. The molecule has 116 valence electrons. The smallest absolute Gasteiger partial charge is 0.239 e. The Morgan fingerprint density at radius 1 is 1.38 bits per heavy atom. The predicted octanol–water partition coefficient (Wildman–Crippen LogP) is 2.95. The summed E-state index contributed by atoms with van der Waals surface area (Å²) in [6.07, 6.45) is 3.50. The summed E-state index contributed by atoms with van der Waals surface area (Å²) in [7, 11) is 1.65. The summed E-state index contributed by atoms with van der Waals surface area (Å²) in [6, 6.07) is 5.81. The highest BCUT2D eigenvalue weighted by Crippen LogP contribution is 2.25. The number of carbonyl (C=O) groups excluding carboxylic acids is 1. The fourth-order valence-electron chi connectivity index (χ4n) is 2.57. The van der Waals surface area contributed by atoms with Gasteiger partial charge in [-0.05, 0) is 59.8 Å². The molecule has 1 atom stereocenters. The van der Waals surface area contributed by atoms with Crippen molar-refractivity contribution in [3.05, 3.63) is 28.2 Å². The first-order valence-corrected chi connectivity index (χ1v) is 8.25. The molecule has 0 aliphatic carbocycles. The van der Waals surface area contributed by atoms with Gasteiger partial charge in [0, 0.05) is 19.6 Å². The Balaban J connectivity index is 1.86. The topological polar surface area (TPSA) is 41.6 Å². The van der Waals surface area contributed by atoms with Crippen LogP contribution in [0, 0.1) is 0 Å². The molecule has 1 aliphatic rings. The number of halogens is 1. The van der Waals surface area contributed by atoms with Crippen molar-refractivity contribution in [3.8, 4) is 5.75 Å². The molecule has 1 heterocycles. The maximum atomic E-state index is 12.3. The van der Waals surface area contributed by atoms with E-state index in [0.29, 0.717) is 6.54 Å². The van der Waals surface area contributed by atoms with E-state index in [2.05, 4.69) is 21.2 Å². The van der Waals surface area contributed by atoms with E-state index >= 15 is 0 Å². The standard InChI is InChI=1S/C16H23BrN2O2/c1-12(16(20)19-8-4-3-5-9-19)18-11-13-6-7-15(21-2)14(17)10-13/h6-7,10,12,18H,3-5,8-9,11H2,1-2H3. The molecule has 21 heavy (non-hydrogen) atoms. The molecule has 1 saturated heterocycles. The van der Waals surface area contributed by atoms with Crippen LogP contribution >= 0.6 is 15.9 Å². The van der Waals surface area contributed by atoms with Crippen molar-refractivity contribution in [1.82, 2.24) is 10.2 Å². The average Bonchev–Trinajstić information content (AvgIpc) is 2.52. The fourth-order valence-corrected chi connectivity index (χ4v) is 3.15. The van der Waals surface area contributed by atoms with E-state index in [4.69, 9.17) is 4.74 Å². The van der Waals surface area contributed by atoms with Gasteiger partial charge in [0.2, 0.25) is 5.91 Å². The lowest BCUT2D eigenvalue weighted by Crippen LogP contribution is -2.46. The highest BCUT2D eigenvalue weighted by atomic mass is 79.9. The van der Waals surface area contributed by atoms with E-state index in [1.165, 1.54) is 6.42 Å². The molecule has 1 amide bonds. The summed E-state index contributed by atoms with van der Waals surface area (Å²) in [5, 5.41) is 3.31. The number of nitrogens with zero attached hydrogens (tertiary/aromatic N) is 1. The minimum Gasteiger partial charge on any atom is -0.496 e. The summed E-state index contributed by atoms with van der Waals surface area (Å²) in [6.45, 7) is 4.41. The van der Waals surface area contributed by atoms with Gasteiger partial charge in [0.15, 0.2) is 0 Å². The van der Waals surface area contributed by atoms with E-state index in [-0.39, 0.29) is 11.9 Å². The van der Waals surface area contributed by atoms with Crippen LogP contribution in [0.5, 0.6) is 5.75 Å². The summed E-state index contributed by atoms with van der Waals surface area (Å²) >= 11 is 3.48. The van der Waals surface area contributed by atoms with Gasteiger partial charge in [0.05, 0.1) is 17.6 Å². The second-order valence-corrected chi connectivity index (χ2v) is 6.31. The minimum absolute atomic E-state index is 0.149. The fraction of sp³-hybridized carbons (Fsp3) is 0.562. The SMILES string of the molecule is COc1ccc(CNC(C)C(=O)N2CCCCC2)cc1Br. The van der Waals surface area contributed by atoms with Gasteiger partial charge in [-0.2, -0.15) is 0 Å². The van der Waals surface area contributed by atoms with E-state index in [9.17, 15) is 4.79 Å². The molecule has 0 spiro atoms. The molecule has 1 aromatic rings. The van der Waals surface area contributed by atoms with Crippen LogP contribution in [0.25, 0.3) is 0 Å².